The van der Waals surface area contributed by atoms with Crippen molar-refractivity contribution in [3.8, 4) is 0 Å². The van der Waals surface area contributed by atoms with Gasteiger partial charge >= 0.3 is 0 Å². The minimum Gasteiger partial charge on any atom is -0.379 e. The van der Waals surface area contributed by atoms with E-state index in [0.29, 0.717) is 18.7 Å². The first kappa shape index (κ1) is 26.2. The van der Waals surface area contributed by atoms with E-state index in [4.69, 9.17) is 9.72 Å². The zero-order chi connectivity index (χ0) is 22.3. The fraction of sp³-hybridized carbons (Fsp3) is 0.391. The van der Waals surface area contributed by atoms with Crippen molar-refractivity contribution in [1.82, 2.24) is 9.88 Å². The van der Waals surface area contributed by atoms with Crippen molar-refractivity contribution in [3.05, 3.63) is 48.3 Å². The van der Waals surface area contributed by atoms with Gasteiger partial charge in [0, 0.05) is 48.1 Å². The highest BCUT2D eigenvalue weighted by Gasteiger charge is 2.21. The van der Waals surface area contributed by atoms with Crippen LogP contribution in [0.2, 0.25) is 0 Å². The normalized spacial score (nSPS) is 14.2. The molecule has 2 heterocycles. The third-order valence-corrected chi connectivity index (χ3v) is 8.04. The highest BCUT2D eigenvalue weighted by Crippen LogP contribution is 2.32. The number of morpholine rings is 1. The molecule has 0 saturated carbocycles. The predicted octanol–water partition coefficient (Wildman–Crippen LogP) is 5.43. The number of nitrogens with zero attached hydrogens (tertiary/aromatic N) is 3. The molecule has 1 fully saturated rings. The van der Waals surface area contributed by atoms with Crippen LogP contribution in [0.15, 0.2) is 52.3 Å². The fourth-order valence-corrected chi connectivity index (χ4v) is 5.85. The number of fused-ring (bicyclic) bond motifs is 1. The zero-order valence-corrected chi connectivity index (χ0v) is 21.6. The number of rotatable bonds is 9. The molecular formula is C23H27ClFN3O2S3. The van der Waals surface area contributed by atoms with Crippen LogP contribution in [-0.2, 0) is 9.53 Å². The van der Waals surface area contributed by atoms with Gasteiger partial charge in [0.25, 0.3) is 0 Å². The van der Waals surface area contributed by atoms with Crippen LogP contribution >= 0.6 is 47.3 Å². The quantitative estimate of drug-likeness (QED) is 0.346. The third kappa shape index (κ3) is 7.31. The first-order valence-electron chi connectivity index (χ1n) is 10.6. The molecule has 3 aromatic rings. The number of carbonyl (C=O) groups is 1. The lowest BCUT2D eigenvalue weighted by atomic mass is 10.3. The minimum absolute atomic E-state index is 0. The summed E-state index contributed by atoms with van der Waals surface area (Å²) < 4.78 is 19.7. The topological polar surface area (TPSA) is 45.7 Å². The minimum atomic E-state index is -0.250. The molecule has 0 N–H and O–H groups in total. The van der Waals surface area contributed by atoms with Crippen LogP contribution in [0.25, 0.3) is 10.2 Å². The van der Waals surface area contributed by atoms with E-state index in [9.17, 15) is 9.18 Å². The molecule has 0 radical (unpaired) electrons. The first-order valence-corrected chi connectivity index (χ1v) is 13.6. The molecule has 5 nitrogen and oxygen atoms in total. The number of amides is 1. The van der Waals surface area contributed by atoms with Gasteiger partial charge in [-0.3, -0.25) is 14.6 Å². The van der Waals surface area contributed by atoms with E-state index >= 15 is 0 Å². The summed E-state index contributed by atoms with van der Waals surface area (Å²) in [6.07, 6.45) is 2.46. The predicted molar refractivity (Wildman–Crippen MR) is 140 cm³/mol. The monoisotopic (exact) mass is 527 g/mol. The Labute approximate surface area is 212 Å². The van der Waals surface area contributed by atoms with Crippen LogP contribution in [0, 0.1) is 5.82 Å². The molecule has 0 unspecified atom stereocenters. The number of thiazole rings is 1. The smallest absolute Gasteiger partial charge is 0.229 e. The summed E-state index contributed by atoms with van der Waals surface area (Å²) in [6, 6.07) is 12.6. The lowest BCUT2D eigenvalue weighted by Crippen LogP contribution is -2.43. The van der Waals surface area contributed by atoms with Gasteiger partial charge in [0.15, 0.2) is 5.13 Å². The van der Waals surface area contributed by atoms with Gasteiger partial charge in [-0.2, -0.15) is 0 Å². The molecule has 1 aliphatic heterocycles. The van der Waals surface area contributed by atoms with Gasteiger partial charge in [0.1, 0.15) is 5.82 Å². The number of hydrogen-bond donors (Lipinski definition) is 0. The van der Waals surface area contributed by atoms with Crippen LogP contribution in [0.3, 0.4) is 0 Å². The number of carbonyl (C=O) groups excluding carboxylic acids is 1. The van der Waals surface area contributed by atoms with Crippen LogP contribution in [0.1, 0.15) is 6.42 Å². The number of anilines is 1. The number of benzene rings is 2. The number of ether oxygens (including phenoxy) is 1. The summed E-state index contributed by atoms with van der Waals surface area (Å²) in [5.41, 5.74) is 0.924. The molecule has 33 heavy (non-hydrogen) atoms. The Morgan fingerprint density at radius 1 is 1.18 bits per heavy atom. The van der Waals surface area contributed by atoms with E-state index < -0.39 is 0 Å². The average Bonchev–Trinajstić information content (AvgIpc) is 3.24. The molecule has 10 heteroatoms. The van der Waals surface area contributed by atoms with Crippen molar-refractivity contribution >= 4 is 68.5 Å². The van der Waals surface area contributed by atoms with Gasteiger partial charge in [-0.15, -0.1) is 35.9 Å². The van der Waals surface area contributed by atoms with Crippen LogP contribution in [-0.4, -0.2) is 67.2 Å². The Morgan fingerprint density at radius 3 is 2.64 bits per heavy atom. The van der Waals surface area contributed by atoms with Gasteiger partial charge in [-0.25, -0.2) is 9.37 Å². The molecule has 1 aromatic heterocycles. The van der Waals surface area contributed by atoms with Gasteiger partial charge in [0.2, 0.25) is 5.91 Å². The van der Waals surface area contributed by atoms with Crippen molar-refractivity contribution in [3.63, 3.8) is 0 Å². The molecule has 0 spiro atoms. The zero-order valence-electron chi connectivity index (χ0n) is 18.4. The van der Waals surface area contributed by atoms with E-state index in [1.54, 1.807) is 47.0 Å². The maximum absolute atomic E-state index is 13.2. The number of aromatic nitrogens is 1. The number of halogens is 2. The Morgan fingerprint density at radius 2 is 1.91 bits per heavy atom. The Balaban J connectivity index is 0.00000306. The SMILES string of the molecule is CSc1ccc2nc(N(CCN3CCOCC3)C(=O)CCSc3ccc(F)cc3)sc2c1.Cl. The molecule has 1 aliphatic rings. The van der Waals surface area contributed by atoms with Crippen molar-refractivity contribution < 1.29 is 13.9 Å². The molecular weight excluding hydrogens is 501 g/mol. The molecule has 2 aromatic carbocycles. The summed E-state index contributed by atoms with van der Waals surface area (Å²) in [5.74, 6) is 0.456. The summed E-state index contributed by atoms with van der Waals surface area (Å²) in [6.45, 7) is 4.65. The van der Waals surface area contributed by atoms with E-state index in [1.807, 2.05) is 11.0 Å². The van der Waals surface area contributed by atoms with Gasteiger partial charge < -0.3 is 4.74 Å². The number of hydrogen-bond acceptors (Lipinski definition) is 7. The van der Waals surface area contributed by atoms with Crippen LogP contribution < -0.4 is 4.90 Å². The lowest BCUT2D eigenvalue weighted by Gasteiger charge is -2.29. The van der Waals surface area contributed by atoms with Crippen molar-refractivity contribution in [2.24, 2.45) is 0 Å². The Bertz CT molecular complexity index is 1050. The second-order valence-electron chi connectivity index (χ2n) is 7.38. The second kappa shape index (κ2) is 12.9. The maximum atomic E-state index is 13.2. The average molecular weight is 528 g/mol. The summed E-state index contributed by atoms with van der Waals surface area (Å²) in [7, 11) is 0. The number of thioether (sulfide) groups is 2. The van der Waals surface area contributed by atoms with Crippen molar-refractivity contribution in [2.45, 2.75) is 16.2 Å². The molecule has 1 saturated heterocycles. The molecule has 0 bridgehead atoms. The van der Waals surface area contributed by atoms with Gasteiger partial charge in [-0.1, -0.05) is 11.3 Å². The fourth-order valence-electron chi connectivity index (χ4n) is 3.45. The largest absolute Gasteiger partial charge is 0.379 e. The Hall–Kier alpha value is -1.36. The van der Waals surface area contributed by atoms with E-state index in [2.05, 4.69) is 23.3 Å². The molecule has 1 amide bonds. The second-order valence-corrected chi connectivity index (χ2v) is 10.4. The van der Waals surface area contributed by atoms with E-state index in [1.165, 1.54) is 17.0 Å². The highest BCUT2D eigenvalue weighted by atomic mass is 35.5. The standard InChI is InChI=1S/C23H26FN3O2S3.ClH/c1-30-19-6-7-20-21(16-19)32-23(25-20)27(10-9-26-11-13-29-14-12-26)22(28)8-15-31-18-4-2-17(24)3-5-18;/h2-7,16H,8-15H2,1H3;1H. The van der Waals surface area contributed by atoms with Crippen molar-refractivity contribution in [1.29, 1.82) is 0 Å². The van der Waals surface area contributed by atoms with Gasteiger partial charge in [0.05, 0.1) is 23.4 Å². The van der Waals surface area contributed by atoms with Crippen LogP contribution in [0.4, 0.5) is 9.52 Å². The van der Waals surface area contributed by atoms with Crippen molar-refractivity contribution in [2.75, 3.05) is 56.3 Å². The van der Waals surface area contributed by atoms with Crippen LogP contribution in [0.5, 0.6) is 0 Å². The maximum Gasteiger partial charge on any atom is 0.229 e. The van der Waals surface area contributed by atoms with E-state index in [-0.39, 0.29) is 24.1 Å². The third-order valence-electron chi connectivity index (χ3n) is 5.26. The molecule has 178 valence electrons. The summed E-state index contributed by atoms with van der Waals surface area (Å²) >= 11 is 4.84. The van der Waals surface area contributed by atoms with E-state index in [0.717, 1.165) is 53.1 Å². The highest BCUT2D eigenvalue weighted by molar-refractivity contribution is 7.99. The molecule has 0 aliphatic carbocycles. The summed E-state index contributed by atoms with van der Waals surface area (Å²) in [5, 5.41) is 0.753. The molecule has 4 rings (SSSR count). The lowest BCUT2D eigenvalue weighted by molar-refractivity contribution is -0.118. The molecule has 0 atom stereocenters. The Kier molecular flexibility index (Phi) is 10.3. The first-order chi connectivity index (χ1) is 15.6. The van der Waals surface area contributed by atoms with Gasteiger partial charge in [-0.05, 0) is 48.7 Å². The summed E-state index contributed by atoms with van der Waals surface area (Å²) in [4.78, 5) is 24.3.